The van der Waals surface area contributed by atoms with E-state index in [4.69, 9.17) is 19.2 Å². The van der Waals surface area contributed by atoms with Gasteiger partial charge in [0.15, 0.2) is 5.13 Å². The molecule has 0 unspecified atom stereocenters. The Morgan fingerprint density at radius 1 is 1.12 bits per heavy atom. The van der Waals surface area contributed by atoms with Crippen LogP contribution >= 0.6 is 11.3 Å². The number of carbonyl (C=O) groups excluding carboxylic acids is 2. The second-order valence-corrected chi connectivity index (χ2v) is 12.1. The maximum absolute atomic E-state index is 13.7. The van der Waals surface area contributed by atoms with Crippen LogP contribution in [0.1, 0.15) is 49.9 Å². The molecule has 216 valence electrons. The van der Waals surface area contributed by atoms with Gasteiger partial charge in [0.2, 0.25) is 0 Å². The first-order valence-corrected chi connectivity index (χ1v) is 14.8. The Labute approximate surface area is 248 Å². The maximum Gasteiger partial charge on any atom is 0.301 e. The van der Waals surface area contributed by atoms with Crippen molar-refractivity contribution in [3.05, 3.63) is 82.9 Å². The largest absolute Gasteiger partial charge is 0.507 e. The van der Waals surface area contributed by atoms with E-state index >= 15 is 0 Å². The molecule has 1 aromatic heterocycles. The summed E-state index contributed by atoms with van der Waals surface area (Å²) >= 11 is 1.29. The summed E-state index contributed by atoms with van der Waals surface area (Å²) in [6.45, 7) is 6.78. The first-order chi connectivity index (χ1) is 20.2. The lowest BCUT2D eigenvalue weighted by atomic mass is 9.94. The number of nitrogens with zero attached hydrogens (tertiary/aromatic N) is 2. The third-order valence-electron chi connectivity index (χ3n) is 7.54. The molecule has 0 aliphatic carbocycles. The number of ketones is 1. The molecular formula is C33H32N2O6S. The van der Waals surface area contributed by atoms with Crippen LogP contribution in [-0.2, 0) is 16.0 Å². The molecule has 2 atom stereocenters. The topological polar surface area (TPSA) is 98.2 Å². The second kappa shape index (κ2) is 11.1. The number of methoxy groups -OCH3 is 1. The number of Topliss-reactive ketones (excluding diaryl/α,β-unsaturated/α-hetero) is 1. The number of aliphatic hydroxyl groups excluding tert-OH is 1. The zero-order chi connectivity index (χ0) is 29.5. The van der Waals surface area contributed by atoms with Gasteiger partial charge in [-0.1, -0.05) is 37.3 Å². The molecular weight excluding hydrogens is 552 g/mol. The van der Waals surface area contributed by atoms with Gasteiger partial charge in [-0.3, -0.25) is 14.5 Å². The van der Waals surface area contributed by atoms with Crippen LogP contribution in [0.5, 0.6) is 17.2 Å². The molecule has 6 rings (SSSR count). The maximum atomic E-state index is 13.7. The van der Waals surface area contributed by atoms with Crippen LogP contribution < -0.4 is 19.1 Å². The lowest BCUT2D eigenvalue weighted by Crippen LogP contribution is -2.29. The average Bonchev–Trinajstić information content (AvgIpc) is 3.64. The van der Waals surface area contributed by atoms with Crippen LogP contribution in [0, 0.1) is 5.92 Å². The summed E-state index contributed by atoms with van der Waals surface area (Å²) < 4.78 is 18.0. The number of aliphatic hydroxyl groups is 1. The van der Waals surface area contributed by atoms with E-state index in [2.05, 4.69) is 13.8 Å². The molecule has 0 spiro atoms. The van der Waals surface area contributed by atoms with Crippen molar-refractivity contribution in [2.45, 2.75) is 45.8 Å². The summed E-state index contributed by atoms with van der Waals surface area (Å²) in [7, 11) is 1.59. The van der Waals surface area contributed by atoms with Crippen LogP contribution in [0.15, 0.2) is 66.2 Å². The fourth-order valence-electron chi connectivity index (χ4n) is 5.38. The Morgan fingerprint density at radius 3 is 2.74 bits per heavy atom. The summed E-state index contributed by atoms with van der Waals surface area (Å²) in [6, 6.07) is 17.2. The molecule has 0 saturated carbocycles. The van der Waals surface area contributed by atoms with Crippen LogP contribution in [0.25, 0.3) is 16.0 Å². The van der Waals surface area contributed by atoms with Gasteiger partial charge < -0.3 is 19.3 Å². The van der Waals surface area contributed by atoms with Gasteiger partial charge >= 0.3 is 5.91 Å². The first kappa shape index (κ1) is 27.8. The van der Waals surface area contributed by atoms with Crippen molar-refractivity contribution in [3.8, 4) is 17.2 Å². The Hall–Kier alpha value is -4.37. The van der Waals surface area contributed by atoms with Crippen molar-refractivity contribution in [1.82, 2.24) is 4.98 Å². The third-order valence-corrected chi connectivity index (χ3v) is 8.56. The lowest BCUT2D eigenvalue weighted by molar-refractivity contribution is -0.132. The molecule has 1 saturated heterocycles. The van der Waals surface area contributed by atoms with Gasteiger partial charge in [-0.05, 0) is 78.9 Å². The molecule has 2 aliphatic heterocycles. The van der Waals surface area contributed by atoms with Crippen molar-refractivity contribution in [1.29, 1.82) is 0 Å². The number of carbonyl (C=O) groups is 2. The quantitative estimate of drug-likeness (QED) is 0.140. The molecule has 1 fully saturated rings. The van der Waals surface area contributed by atoms with Crippen molar-refractivity contribution in [2.24, 2.45) is 5.92 Å². The number of ether oxygens (including phenoxy) is 3. The highest BCUT2D eigenvalue weighted by Crippen LogP contribution is 2.45. The number of rotatable bonds is 8. The van der Waals surface area contributed by atoms with Crippen LogP contribution in [0.2, 0.25) is 0 Å². The van der Waals surface area contributed by atoms with Gasteiger partial charge in [-0.15, -0.1) is 0 Å². The smallest absolute Gasteiger partial charge is 0.301 e. The number of anilines is 1. The normalized spacial score (nSPS) is 19.4. The zero-order valence-corrected chi connectivity index (χ0v) is 24.7. The summed E-state index contributed by atoms with van der Waals surface area (Å²) in [5.74, 6) is 0.763. The monoisotopic (exact) mass is 584 g/mol. The minimum atomic E-state index is -0.912. The molecule has 8 nitrogen and oxygen atoms in total. The van der Waals surface area contributed by atoms with Gasteiger partial charge in [0, 0.05) is 12.0 Å². The molecule has 0 bridgehead atoms. The molecule has 9 heteroatoms. The van der Waals surface area contributed by atoms with E-state index in [1.54, 1.807) is 25.3 Å². The third kappa shape index (κ3) is 5.09. The summed E-state index contributed by atoms with van der Waals surface area (Å²) in [5.41, 5.74) is 2.71. The summed E-state index contributed by atoms with van der Waals surface area (Å²) in [6.07, 6.45) is 1.61. The van der Waals surface area contributed by atoms with Gasteiger partial charge in [-0.25, -0.2) is 4.98 Å². The van der Waals surface area contributed by atoms with E-state index in [0.29, 0.717) is 52.2 Å². The van der Waals surface area contributed by atoms with Crippen molar-refractivity contribution in [3.63, 3.8) is 0 Å². The highest BCUT2D eigenvalue weighted by molar-refractivity contribution is 7.22. The molecule has 1 amide bonds. The number of hydrogen-bond acceptors (Lipinski definition) is 8. The Balaban J connectivity index is 1.48. The van der Waals surface area contributed by atoms with Gasteiger partial charge in [0.1, 0.15) is 29.1 Å². The Bertz CT molecular complexity index is 1720. The standard InChI is InChI=1S/C33H32N2O6S/c1-18(2)12-13-40-24-7-5-6-20(16-24)29-28(30(36)21-8-11-26-22(15-21)14-19(3)41-26)31(37)32(38)35(29)33-34-25-10-9-23(39-4)17-27(25)42-33/h5-11,15-19,29,36H,12-14H2,1-4H3/t19-,29+/m0/s1. The van der Waals surface area contributed by atoms with E-state index in [0.717, 1.165) is 22.4 Å². The molecule has 3 aromatic carbocycles. The van der Waals surface area contributed by atoms with E-state index in [9.17, 15) is 14.7 Å². The van der Waals surface area contributed by atoms with Crippen LogP contribution in [0.3, 0.4) is 0 Å². The van der Waals surface area contributed by atoms with Crippen LogP contribution in [0.4, 0.5) is 5.13 Å². The number of hydrogen-bond donors (Lipinski definition) is 1. The Kier molecular flexibility index (Phi) is 7.36. The van der Waals surface area contributed by atoms with Crippen LogP contribution in [-0.4, -0.2) is 41.6 Å². The molecule has 2 aliphatic rings. The number of amides is 1. The minimum absolute atomic E-state index is 0.00285. The highest BCUT2D eigenvalue weighted by atomic mass is 32.1. The molecule has 4 aromatic rings. The summed E-state index contributed by atoms with van der Waals surface area (Å²) in [5, 5.41) is 12.0. The minimum Gasteiger partial charge on any atom is -0.507 e. The van der Waals surface area contributed by atoms with Gasteiger partial charge in [0.25, 0.3) is 5.78 Å². The lowest BCUT2D eigenvalue weighted by Gasteiger charge is -2.23. The number of aromatic nitrogens is 1. The van der Waals surface area contributed by atoms with E-state index in [1.165, 1.54) is 16.2 Å². The molecule has 42 heavy (non-hydrogen) atoms. The predicted octanol–water partition coefficient (Wildman–Crippen LogP) is 6.68. The fraction of sp³-hybridized carbons (Fsp3) is 0.303. The predicted molar refractivity (Wildman–Crippen MR) is 163 cm³/mol. The first-order valence-electron chi connectivity index (χ1n) is 14.0. The van der Waals surface area contributed by atoms with Gasteiger partial charge in [-0.2, -0.15) is 0 Å². The van der Waals surface area contributed by atoms with Crippen molar-refractivity contribution in [2.75, 3.05) is 18.6 Å². The van der Waals surface area contributed by atoms with Gasteiger partial charge in [0.05, 0.1) is 35.5 Å². The van der Waals surface area contributed by atoms with Crippen molar-refractivity contribution >= 4 is 44.1 Å². The number of thiazole rings is 1. The zero-order valence-electron chi connectivity index (χ0n) is 23.9. The number of fused-ring (bicyclic) bond motifs is 2. The Morgan fingerprint density at radius 2 is 1.95 bits per heavy atom. The SMILES string of the molecule is COc1ccc2nc(N3C(=O)C(=O)C(=C(O)c4ccc5c(c4)C[C@H](C)O5)[C@H]3c3cccc(OCCC(C)C)c3)sc2c1. The molecule has 3 heterocycles. The second-order valence-electron chi connectivity index (χ2n) is 11.1. The van der Waals surface area contributed by atoms with E-state index in [-0.39, 0.29) is 17.4 Å². The fourth-order valence-corrected chi connectivity index (χ4v) is 6.40. The molecule has 0 radical (unpaired) electrons. The van der Waals surface area contributed by atoms with E-state index in [1.807, 2.05) is 49.4 Å². The molecule has 1 N–H and O–H groups in total. The number of benzene rings is 3. The van der Waals surface area contributed by atoms with E-state index < -0.39 is 17.7 Å². The van der Waals surface area contributed by atoms with Crippen molar-refractivity contribution < 1.29 is 28.9 Å². The summed E-state index contributed by atoms with van der Waals surface area (Å²) in [4.78, 5) is 33.5. The average molecular weight is 585 g/mol. The highest BCUT2D eigenvalue weighted by Gasteiger charge is 2.48.